The highest BCUT2D eigenvalue weighted by molar-refractivity contribution is 5.78. The Bertz CT molecular complexity index is 1370. The molecule has 1 aliphatic rings. The van der Waals surface area contributed by atoms with Crippen molar-refractivity contribution < 1.29 is 49.4 Å². The van der Waals surface area contributed by atoms with Crippen molar-refractivity contribution in [2.45, 2.75) is 70.6 Å². The van der Waals surface area contributed by atoms with Gasteiger partial charge in [-0.25, -0.2) is 15.9 Å². The van der Waals surface area contributed by atoms with Gasteiger partial charge < -0.3 is 20.6 Å². The number of carboxylic acids is 1. The summed E-state index contributed by atoms with van der Waals surface area (Å²) >= 11 is 0. The Kier molecular flexibility index (Phi) is 11.9. The number of carbonyl (C=O) groups is 1. The van der Waals surface area contributed by atoms with Crippen molar-refractivity contribution in [2.24, 2.45) is 28.5 Å². The van der Waals surface area contributed by atoms with Gasteiger partial charge in [0.25, 0.3) is 0 Å². The Morgan fingerprint density at radius 1 is 0.894 bits per heavy atom. The van der Waals surface area contributed by atoms with Gasteiger partial charge in [0.15, 0.2) is 0 Å². The second-order valence-electron chi connectivity index (χ2n) is 11.5. The lowest BCUT2D eigenvalue weighted by molar-refractivity contribution is -0.143. The molecule has 1 heterocycles. The average molecular weight is 686 g/mol. The molecule has 1 aromatic carbocycles. The number of rotatable bonds is 11. The number of anilines is 1. The van der Waals surface area contributed by atoms with Crippen LogP contribution in [0.25, 0.3) is 0 Å². The van der Waals surface area contributed by atoms with Crippen LogP contribution in [0.5, 0.6) is 0 Å². The van der Waals surface area contributed by atoms with Crippen LogP contribution in [0.15, 0.2) is 35.6 Å². The second kappa shape index (κ2) is 14.9. The number of guanidine groups is 1. The van der Waals surface area contributed by atoms with E-state index in [1.54, 1.807) is 11.8 Å². The van der Waals surface area contributed by atoms with Crippen LogP contribution < -0.4 is 16.5 Å². The molecule has 0 atom stereocenters. The van der Waals surface area contributed by atoms with Crippen molar-refractivity contribution in [1.82, 2.24) is 15.0 Å². The van der Waals surface area contributed by atoms with Crippen molar-refractivity contribution >= 4 is 17.7 Å². The normalized spacial score (nSPS) is 17.8. The number of benzene rings is 1. The largest absolute Gasteiger partial charge is 0.481 e. The van der Waals surface area contributed by atoms with Gasteiger partial charge in [0, 0.05) is 51.4 Å². The summed E-state index contributed by atoms with van der Waals surface area (Å²) in [4.78, 5) is 17.9. The minimum Gasteiger partial charge on any atom is -0.481 e. The fourth-order valence-electron chi connectivity index (χ4n) is 5.58. The molecule has 1 saturated carbocycles. The van der Waals surface area contributed by atoms with E-state index in [2.05, 4.69) is 10.1 Å². The Balaban J connectivity index is 2.04. The maximum absolute atomic E-state index is 13.8. The van der Waals surface area contributed by atoms with Gasteiger partial charge in [-0.2, -0.15) is 39.5 Å². The van der Waals surface area contributed by atoms with Gasteiger partial charge in [0.2, 0.25) is 5.96 Å². The molecule has 0 spiro atoms. The van der Waals surface area contributed by atoms with Crippen molar-refractivity contribution in [3.63, 3.8) is 0 Å². The molecule has 9 nitrogen and oxygen atoms in total. The zero-order valence-electron chi connectivity index (χ0n) is 25.6. The number of aliphatic carboxylic acids is 1. The Morgan fingerprint density at radius 3 is 1.89 bits per heavy atom. The van der Waals surface area contributed by atoms with Gasteiger partial charge in [-0.1, -0.05) is 0 Å². The number of alkyl halides is 9. The first kappa shape index (κ1) is 37.5. The number of aromatic nitrogens is 1. The molecule has 1 aliphatic carbocycles. The van der Waals surface area contributed by atoms with Crippen LogP contribution in [0, 0.1) is 11.8 Å². The molecule has 2 aromatic rings. The zero-order chi connectivity index (χ0) is 35.3. The number of halogens is 9. The third kappa shape index (κ3) is 10.8. The van der Waals surface area contributed by atoms with E-state index >= 15 is 0 Å². The maximum Gasteiger partial charge on any atom is 0.417 e. The summed E-state index contributed by atoms with van der Waals surface area (Å²) in [5.41, 5.74) is 1.21. The summed E-state index contributed by atoms with van der Waals surface area (Å²) in [7, 11) is 1.23. The molecule has 3 rings (SSSR count). The number of hydrazine groups is 1. The molecular formula is C29H36F9N7O2. The van der Waals surface area contributed by atoms with Crippen molar-refractivity contribution in [1.29, 1.82) is 0 Å². The van der Waals surface area contributed by atoms with Crippen LogP contribution >= 0.6 is 0 Å². The van der Waals surface area contributed by atoms with Gasteiger partial charge in [-0.05, 0) is 74.3 Å². The van der Waals surface area contributed by atoms with E-state index in [0.29, 0.717) is 50.6 Å². The number of hydrogen-bond donors (Lipinski definition) is 3. The molecule has 47 heavy (non-hydrogen) atoms. The highest BCUT2D eigenvalue weighted by Gasteiger charge is 2.37. The molecule has 1 aromatic heterocycles. The number of pyridine rings is 1. The maximum atomic E-state index is 13.8. The SMILES string of the molecule is CCN(CC1CCC(CC(=O)O)CC1)c1ncc(C(F)(F)F)cc1CN(Cc1cc(C(F)(F)F)cc(C(F)(F)F)c1)/C(N)=N/N(C)N. The van der Waals surface area contributed by atoms with Crippen molar-refractivity contribution in [3.8, 4) is 0 Å². The molecule has 0 bridgehead atoms. The molecule has 262 valence electrons. The zero-order valence-corrected chi connectivity index (χ0v) is 25.6. The van der Waals surface area contributed by atoms with Crippen LogP contribution in [0.3, 0.4) is 0 Å². The highest BCUT2D eigenvalue weighted by atomic mass is 19.4. The summed E-state index contributed by atoms with van der Waals surface area (Å²) < 4.78 is 123. The van der Waals surface area contributed by atoms with E-state index in [-0.39, 0.29) is 42.2 Å². The molecule has 18 heteroatoms. The summed E-state index contributed by atoms with van der Waals surface area (Å²) in [6, 6.07) is 1.74. The molecule has 0 amide bonds. The Morgan fingerprint density at radius 2 is 1.43 bits per heavy atom. The fraction of sp³-hybridized carbons (Fsp3) is 0.552. The minimum absolute atomic E-state index is 0.0174. The Labute approximate surface area is 265 Å². The van der Waals surface area contributed by atoms with Gasteiger partial charge in [0.05, 0.1) is 16.7 Å². The molecular weight excluding hydrogens is 649 g/mol. The van der Waals surface area contributed by atoms with Gasteiger partial charge in [0.1, 0.15) is 5.82 Å². The summed E-state index contributed by atoms with van der Waals surface area (Å²) in [6.45, 7) is 1.13. The van der Waals surface area contributed by atoms with E-state index in [0.717, 1.165) is 16.1 Å². The molecule has 0 aliphatic heterocycles. The number of nitrogens with zero attached hydrogens (tertiary/aromatic N) is 5. The van der Waals surface area contributed by atoms with Gasteiger partial charge in [-0.15, -0.1) is 5.10 Å². The fourth-order valence-corrected chi connectivity index (χ4v) is 5.58. The second-order valence-corrected chi connectivity index (χ2v) is 11.5. The topological polar surface area (TPSA) is 124 Å². The standard InChI is InChI=1S/C29H36F9N7O2/c1-3-44(14-18-6-4-17(5-7-18)10-24(46)47)25-20(11-23(13-41-25)29(36,37)38)16-45(26(39)42-43(2)40)15-19-8-21(27(30,31)32)12-22(9-19)28(33,34)35/h8-9,11-13,17-18H,3-7,10,14-16,40H2,1-2H3,(H2,39,42)(H,46,47). The van der Waals surface area contributed by atoms with Crippen molar-refractivity contribution in [3.05, 3.63) is 58.3 Å². The van der Waals surface area contributed by atoms with Crippen LogP contribution in [0.2, 0.25) is 0 Å². The van der Waals surface area contributed by atoms with Gasteiger partial charge in [-0.3, -0.25) is 4.79 Å². The quantitative estimate of drug-likeness (QED) is 0.0831. The lowest BCUT2D eigenvalue weighted by Gasteiger charge is -2.34. The van der Waals surface area contributed by atoms with E-state index < -0.39 is 65.8 Å². The van der Waals surface area contributed by atoms with E-state index in [1.165, 1.54) is 7.05 Å². The Hall–Kier alpha value is -3.96. The average Bonchev–Trinajstić information content (AvgIpc) is 2.94. The van der Waals surface area contributed by atoms with E-state index in [9.17, 15) is 44.3 Å². The van der Waals surface area contributed by atoms with E-state index in [4.69, 9.17) is 16.7 Å². The first-order chi connectivity index (χ1) is 21.7. The monoisotopic (exact) mass is 685 g/mol. The predicted molar refractivity (Wildman–Crippen MR) is 154 cm³/mol. The van der Waals surface area contributed by atoms with Crippen LogP contribution in [-0.4, -0.2) is 52.2 Å². The number of nitrogens with two attached hydrogens (primary N) is 2. The number of hydrogen-bond acceptors (Lipinski definition) is 6. The first-order valence-corrected chi connectivity index (χ1v) is 14.6. The molecule has 1 fully saturated rings. The summed E-state index contributed by atoms with van der Waals surface area (Å²) in [6.07, 6.45) is -11.7. The van der Waals surface area contributed by atoms with Crippen LogP contribution in [0.4, 0.5) is 45.3 Å². The van der Waals surface area contributed by atoms with Crippen LogP contribution in [-0.2, 0) is 36.4 Å². The molecule has 0 unspecified atom stereocenters. The smallest absolute Gasteiger partial charge is 0.417 e. The lowest BCUT2D eigenvalue weighted by atomic mass is 9.80. The van der Waals surface area contributed by atoms with Crippen molar-refractivity contribution in [2.75, 3.05) is 25.0 Å². The van der Waals surface area contributed by atoms with E-state index in [1.807, 2.05) is 0 Å². The summed E-state index contributed by atoms with van der Waals surface area (Å²) in [5.74, 6) is 4.34. The summed E-state index contributed by atoms with van der Waals surface area (Å²) in [5, 5.41) is 13.6. The minimum atomic E-state index is -5.13. The number of hydrazone groups is 1. The van der Waals surface area contributed by atoms with Gasteiger partial charge >= 0.3 is 24.5 Å². The third-order valence-corrected chi connectivity index (χ3v) is 7.83. The lowest BCUT2D eigenvalue weighted by Crippen LogP contribution is -2.40. The first-order valence-electron chi connectivity index (χ1n) is 14.6. The predicted octanol–water partition coefficient (Wildman–Crippen LogP) is 6.28. The third-order valence-electron chi connectivity index (χ3n) is 7.83. The highest BCUT2D eigenvalue weighted by Crippen LogP contribution is 2.38. The van der Waals surface area contributed by atoms with Crippen LogP contribution in [0.1, 0.15) is 66.8 Å². The molecule has 0 saturated heterocycles. The molecule has 0 radical (unpaired) electrons. The number of carboxylic acid groups (broad SMARTS) is 1. The molecule has 5 N–H and O–H groups in total.